The predicted molar refractivity (Wildman–Crippen MR) is 81.7 cm³/mol. The maximum absolute atomic E-state index is 12.5. The van der Waals surface area contributed by atoms with Gasteiger partial charge in [-0.05, 0) is 31.6 Å². The van der Waals surface area contributed by atoms with E-state index in [-0.39, 0.29) is 23.5 Å². The van der Waals surface area contributed by atoms with E-state index in [4.69, 9.17) is 4.74 Å². The SMILES string of the molecule is COCCCN(C(=O)CC1C=CCC1)C1CCS(=O)(=O)C1. The van der Waals surface area contributed by atoms with Crippen molar-refractivity contribution in [2.45, 2.75) is 38.1 Å². The second kappa shape index (κ2) is 7.40. The molecule has 6 heteroatoms. The van der Waals surface area contributed by atoms with Crippen LogP contribution >= 0.6 is 0 Å². The van der Waals surface area contributed by atoms with Crippen LogP contribution in [0.2, 0.25) is 0 Å². The van der Waals surface area contributed by atoms with Gasteiger partial charge in [0.15, 0.2) is 9.84 Å². The summed E-state index contributed by atoms with van der Waals surface area (Å²) >= 11 is 0. The van der Waals surface area contributed by atoms with Gasteiger partial charge in [-0.1, -0.05) is 12.2 Å². The fraction of sp³-hybridized carbons (Fsp3) is 0.800. The highest BCUT2D eigenvalue weighted by Gasteiger charge is 2.34. The minimum atomic E-state index is -2.97. The van der Waals surface area contributed by atoms with Crippen molar-refractivity contribution in [3.63, 3.8) is 0 Å². The van der Waals surface area contributed by atoms with E-state index in [2.05, 4.69) is 12.2 Å². The number of carbonyl (C=O) groups excluding carboxylic acids is 1. The Morgan fingerprint density at radius 2 is 2.19 bits per heavy atom. The normalized spacial score (nSPS) is 27.1. The summed E-state index contributed by atoms with van der Waals surface area (Å²) in [5, 5.41) is 0. The van der Waals surface area contributed by atoms with Crippen molar-refractivity contribution in [1.82, 2.24) is 4.90 Å². The molecule has 2 atom stereocenters. The standard InChI is InChI=1S/C15H25NO4S/c1-20-9-4-8-16(14-7-10-21(18,19)12-14)15(17)11-13-5-2-3-6-13/h2,5,13-14H,3-4,6-12H2,1H3. The zero-order chi connectivity index (χ0) is 15.3. The van der Waals surface area contributed by atoms with Gasteiger partial charge in [0.2, 0.25) is 5.91 Å². The third kappa shape index (κ3) is 4.81. The van der Waals surface area contributed by atoms with E-state index in [0.717, 1.165) is 19.3 Å². The first kappa shape index (κ1) is 16.5. The summed E-state index contributed by atoms with van der Waals surface area (Å²) in [4.78, 5) is 14.3. The zero-order valence-corrected chi connectivity index (χ0v) is 13.5. The van der Waals surface area contributed by atoms with Gasteiger partial charge in [0, 0.05) is 32.7 Å². The van der Waals surface area contributed by atoms with Gasteiger partial charge in [-0.2, -0.15) is 0 Å². The number of ether oxygens (including phenoxy) is 1. The van der Waals surface area contributed by atoms with Crippen LogP contribution in [0.5, 0.6) is 0 Å². The minimum Gasteiger partial charge on any atom is -0.385 e. The molecule has 0 radical (unpaired) electrons. The predicted octanol–water partition coefficient (Wildman–Crippen LogP) is 1.39. The van der Waals surface area contributed by atoms with Crippen LogP contribution < -0.4 is 0 Å². The van der Waals surface area contributed by atoms with Gasteiger partial charge in [-0.25, -0.2) is 8.42 Å². The Bertz CT molecular complexity index is 486. The first-order valence-electron chi connectivity index (χ1n) is 7.67. The van der Waals surface area contributed by atoms with Gasteiger partial charge in [0.1, 0.15) is 0 Å². The zero-order valence-electron chi connectivity index (χ0n) is 12.7. The quantitative estimate of drug-likeness (QED) is 0.526. The van der Waals surface area contributed by atoms with Crippen molar-refractivity contribution >= 4 is 15.7 Å². The summed E-state index contributed by atoms with van der Waals surface area (Å²) < 4.78 is 28.4. The molecule has 0 saturated carbocycles. The number of rotatable bonds is 7. The lowest BCUT2D eigenvalue weighted by Gasteiger charge is -2.29. The molecule has 1 saturated heterocycles. The number of amides is 1. The highest BCUT2D eigenvalue weighted by atomic mass is 32.2. The van der Waals surface area contributed by atoms with Crippen molar-refractivity contribution in [3.8, 4) is 0 Å². The Morgan fingerprint density at radius 3 is 2.76 bits per heavy atom. The number of methoxy groups -OCH3 is 1. The van der Waals surface area contributed by atoms with Gasteiger partial charge < -0.3 is 9.64 Å². The minimum absolute atomic E-state index is 0.0877. The maximum atomic E-state index is 12.5. The van der Waals surface area contributed by atoms with Crippen LogP contribution in [0.25, 0.3) is 0 Å². The summed E-state index contributed by atoms with van der Waals surface area (Å²) in [6, 6.07) is -0.148. The fourth-order valence-electron chi connectivity index (χ4n) is 3.12. The smallest absolute Gasteiger partial charge is 0.223 e. The Balaban J connectivity index is 1.97. The number of hydrogen-bond acceptors (Lipinski definition) is 4. The molecule has 0 N–H and O–H groups in total. The van der Waals surface area contributed by atoms with Crippen LogP contribution in [0, 0.1) is 5.92 Å². The topological polar surface area (TPSA) is 63.7 Å². The van der Waals surface area contributed by atoms with Crippen LogP contribution in [-0.2, 0) is 19.4 Å². The van der Waals surface area contributed by atoms with Crippen molar-refractivity contribution < 1.29 is 17.9 Å². The van der Waals surface area contributed by atoms with E-state index >= 15 is 0 Å². The van der Waals surface area contributed by atoms with E-state index < -0.39 is 9.84 Å². The Morgan fingerprint density at radius 1 is 1.38 bits per heavy atom. The van der Waals surface area contributed by atoms with Gasteiger partial charge in [0.25, 0.3) is 0 Å². The molecule has 1 aliphatic heterocycles. The average Bonchev–Trinajstić information content (AvgIpc) is 3.04. The fourth-order valence-corrected chi connectivity index (χ4v) is 4.85. The maximum Gasteiger partial charge on any atom is 0.223 e. The van der Waals surface area contributed by atoms with Crippen LogP contribution in [0.4, 0.5) is 0 Å². The highest BCUT2D eigenvalue weighted by molar-refractivity contribution is 7.91. The van der Waals surface area contributed by atoms with E-state index in [1.54, 1.807) is 12.0 Å². The van der Waals surface area contributed by atoms with Gasteiger partial charge in [-0.3, -0.25) is 4.79 Å². The molecule has 5 nitrogen and oxygen atoms in total. The molecule has 1 fully saturated rings. The largest absolute Gasteiger partial charge is 0.385 e. The van der Waals surface area contributed by atoms with Crippen molar-refractivity contribution in [3.05, 3.63) is 12.2 Å². The number of sulfone groups is 1. The third-order valence-corrected chi connectivity index (χ3v) is 6.02. The monoisotopic (exact) mass is 315 g/mol. The highest BCUT2D eigenvalue weighted by Crippen LogP contribution is 2.24. The molecule has 0 aromatic rings. The Kier molecular flexibility index (Phi) is 5.81. The number of hydrogen-bond donors (Lipinski definition) is 0. The second-order valence-electron chi connectivity index (χ2n) is 5.96. The molecule has 0 aromatic carbocycles. The van der Waals surface area contributed by atoms with Gasteiger partial charge in [0.05, 0.1) is 11.5 Å². The summed E-state index contributed by atoms with van der Waals surface area (Å²) in [7, 11) is -1.34. The third-order valence-electron chi connectivity index (χ3n) is 4.27. The van der Waals surface area contributed by atoms with Crippen LogP contribution in [0.1, 0.15) is 32.1 Å². The molecule has 0 aromatic heterocycles. The lowest BCUT2D eigenvalue weighted by molar-refractivity contribution is -0.134. The summed E-state index contributed by atoms with van der Waals surface area (Å²) in [5.74, 6) is 0.728. The first-order chi connectivity index (χ1) is 10.0. The van der Waals surface area contributed by atoms with Crippen molar-refractivity contribution in [2.24, 2.45) is 5.92 Å². The number of carbonyl (C=O) groups is 1. The molecular weight excluding hydrogens is 290 g/mol. The molecule has 1 amide bonds. The Hall–Kier alpha value is -0.880. The molecule has 0 bridgehead atoms. The molecule has 2 aliphatic rings. The molecule has 1 aliphatic carbocycles. The summed E-state index contributed by atoms with van der Waals surface area (Å²) in [5.41, 5.74) is 0. The summed E-state index contributed by atoms with van der Waals surface area (Å²) in [6.07, 6.45) is 8.12. The van der Waals surface area contributed by atoms with Crippen molar-refractivity contribution in [2.75, 3.05) is 31.8 Å². The van der Waals surface area contributed by atoms with E-state index in [1.807, 2.05) is 0 Å². The summed E-state index contributed by atoms with van der Waals surface area (Å²) in [6.45, 7) is 1.18. The Labute approximate surface area is 127 Å². The van der Waals surface area contributed by atoms with Gasteiger partial charge in [-0.15, -0.1) is 0 Å². The average molecular weight is 315 g/mol. The van der Waals surface area contributed by atoms with E-state index in [0.29, 0.717) is 31.9 Å². The second-order valence-corrected chi connectivity index (χ2v) is 8.19. The van der Waals surface area contributed by atoms with Crippen LogP contribution in [0.15, 0.2) is 12.2 Å². The molecule has 1 heterocycles. The molecule has 0 spiro atoms. The number of allylic oxidation sites excluding steroid dienone is 2. The molecule has 2 unspecified atom stereocenters. The van der Waals surface area contributed by atoms with Gasteiger partial charge >= 0.3 is 0 Å². The first-order valence-corrected chi connectivity index (χ1v) is 9.49. The molecule has 120 valence electrons. The van der Waals surface area contributed by atoms with Crippen LogP contribution in [0.3, 0.4) is 0 Å². The molecule has 21 heavy (non-hydrogen) atoms. The van der Waals surface area contributed by atoms with Crippen molar-refractivity contribution in [1.29, 1.82) is 0 Å². The molecular formula is C15H25NO4S. The van der Waals surface area contributed by atoms with Crippen LogP contribution in [-0.4, -0.2) is 57.0 Å². The molecule has 2 rings (SSSR count). The van der Waals surface area contributed by atoms with E-state index in [1.165, 1.54) is 0 Å². The lowest BCUT2D eigenvalue weighted by Crippen LogP contribution is -2.42. The number of nitrogens with zero attached hydrogens (tertiary/aromatic N) is 1. The van der Waals surface area contributed by atoms with E-state index in [9.17, 15) is 13.2 Å². The lowest BCUT2D eigenvalue weighted by atomic mass is 10.0.